The van der Waals surface area contributed by atoms with E-state index in [4.69, 9.17) is 4.98 Å². The fourth-order valence-corrected chi connectivity index (χ4v) is 6.18. The molecule has 0 radical (unpaired) electrons. The first kappa shape index (κ1) is 17.5. The van der Waals surface area contributed by atoms with Crippen LogP contribution in [0.5, 0.6) is 0 Å². The van der Waals surface area contributed by atoms with Gasteiger partial charge in [0.25, 0.3) is 5.56 Å². The van der Waals surface area contributed by atoms with Gasteiger partial charge in [0, 0.05) is 43.2 Å². The van der Waals surface area contributed by atoms with Gasteiger partial charge in [-0.2, -0.15) is 0 Å². The first-order valence-electron chi connectivity index (χ1n) is 10.2. The van der Waals surface area contributed by atoms with Crippen LogP contribution >= 0.6 is 11.8 Å². The normalized spacial score (nSPS) is 27.1. The molecule has 1 aliphatic carbocycles. The summed E-state index contributed by atoms with van der Waals surface area (Å²) in [7, 11) is 0. The highest BCUT2D eigenvalue weighted by atomic mass is 32.2. The van der Waals surface area contributed by atoms with Crippen molar-refractivity contribution in [1.82, 2.24) is 14.5 Å². The molecule has 3 unspecified atom stereocenters. The summed E-state index contributed by atoms with van der Waals surface area (Å²) >= 11 is 1.72. The van der Waals surface area contributed by atoms with E-state index in [0.29, 0.717) is 0 Å². The molecular formula is C22H27N3OS. The lowest BCUT2D eigenvalue weighted by Gasteiger charge is -2.40. The second kappa shape index (κ2) is 7.10. The SMILES string of the molecule is Cc1nc2n(c(=O)c1CCN1CC3CC(c4ccccc4)C3C1)CCCS2. The third-order valence-corrected chi connectivity index (χ3v) is 7.80. The summed E-state index contributed by atoms with van der Waals surface area (Å²) in [6.45, 7) is 6.19. The van der Waals surface area contributed by atoms with E-state index in [2.05, 4.69) is 35.2 Å². The van der Waals surface area contributed by atoms with Gasteiger partial charge in [-0.15, -0.1) is 0 Å². The highest BCUT2D eigenvalue weighted by Crippen LogP contribution is 2.51. The minimum atomic E-state index is 0.203. The van der Waals surface area contributed by atoms with Gasteiger partial charge in [-0.05, 0) is 49.5 Å². The van der Waals surface area contributed by atoms with Crippen molar-refractivity contribution in [3.63, 3.8) is 0 Å². The van der Waals surface area contributed by atoms with Crippen LogP contribution in [0.4, 0.5) is 0 Å². The fourth-order valence-electron chi connectivity index (χ4n) is 5.19. The number of likely N-dealkylation sites (tertiary alicyclic amines) is 1. The van der Waals surface area contributed by atoms with Crippen molar-refractivity contribution >= 4 is 11.8 Å². The van der Waals surface area contributed by atoms with Crippen molar-refractivity contribution in [2.75, 3.05) is 25.4 Å². The van der Waals surface area contributed by atoms with Gasteiger partial charge in [-0.1, -0.05) is 42.1 Å². The van der Waals surface area contributed by atoms with Crippen LogP contribution in [0.3, 0.4) is 0 Å². The van der Waals surface area contributed by atoms with E-state index in [1.54, 1.807) is 11.8 Å². The van der Waals surface area contributed by atoms with Crippen LogP contribution in [0.25, 0.3) is 0 Å². The lowest BCUT2D eigenvalue weighted by atomic mass is 9.64. The highest BCUT2D eigenvalue weighted by molar-refractivity contribution is 7.99. The summed E-state index contributed by atoms with van der Waals surface area (Å²) in [5.74, 6) is 3.45. The summed E-state index contributed by atoms with van der Waals surface area (Å²) in [6.07, 6.45) is 3.22. The molecule has 0 amide bonds. The Morgan fingerprint density at radius 2 is 2.07 bits per heavy atom. The standard InChI is InChI=1S/C22H27N3OS/c1-15-18(21(26)25-9-5-11-27-22(25)23-15)8-10-24-13-17-12-19(20(17)14-24)16-6-3-2-4-7-16/h2-4,6-7,17,19-20H,5,8-14H2,1H3. The third kappa shape index (κ3) is 3.15. The average molecular weight is 382 g/mol. The zero-order valence-electron chi connectivity index (χ0n) is 15.9. The Balaban J connectivity index is 1.25. The number of hydrogen-bond acceptors (Lipinski definition) is 4. The van der Waals surface area contributed by atoms with Crippen molar-refractivity contribution in [2.24, 2.45) is 11.8 Å². The number of rotatable bonds is 4. The Labute approximate surface area is 165 Å². The second-order valence-corrected chi connectivity index (χ2v) is 9.37. The van der Waals surface area contributed by atoms with Gasteiger partial charge >= 0.3 is 0 Å². The molecule has 3 aliphatic rings. The molecule has 1 aromatic heterocycles. The van der Waals surface area contributed by atoms with Gasteiger partial charge in [0.1, 0.15) is 0 Å². The van der Waals surface area contributed by atoms with E-state index in [-0.39, 0.29) is 5.56 Å². The number of aryl methyl sites for hydroxylation is 1. The maximum atomic E-state index is 12.9. The number of benzene rings is 1. The molecule has 1 aromatic carbocycles. The first-order valence-corrected chi connectivity index (χ1v) is 11.2. The number of hydrogen-bond donors (Lipinski definition) is 0. The smallest absolute Gasteiger partial charge is 0.257 e. The van der Waals surface area contributed by atoms with Crippen molar-refractivity contribution in [1.29, 1.82) is 0 Å². The van der Waals surface area contributed by atoms with Gasteiger partial charge in [0.15, 0.2) is 5.16 Å². The first-order chi connectivity index (χ1) is 13.2. The number of thioether (sulfide) groups is 1. The van der Waals surface area contributed by atoms with Crippen LogP contribution in [-0.4, -0.2) is 39.8 Å². The molecule has 2 aromatic rings. The van der Waals surface area contributed by atoms with E-state index < -0.39 is 0 Å². The zero-order chi connectivity index (χ0) is 18.4. The topological polar surface area (TPSA) is 38.1 Å². The van der Waals surface area contributed by atoms with Crippen LogP contribution < -0.4 is 5.56 Å². The highest BCUT2D eigenvalue weighted by Gasteiger charge is 2.47. The molecular weight excluding hydrogens is 354 g/mol. The quantitative estimate of drug-likeness (QED) is 0.762. The predicted molar refractivity (Wildman–Crippen MR) is 109 cm³/mol. The van der Waals surface area contributed by atoms with Crippen LogP contribution in [0, 0.1) is 18.8 Å². The van der Waals surface area contributed by atoms with Crippen molar-refractivity contribution in [3.05, 3.63) is 57.5 Å². The Bertz CT molecular complexity index is 894. The van der Waals surface area contributed by atoms with E-state index in [9.17, 15) is 4.79 Å². The van der Waals surface area contributed by atoms with Crippen molar-refractivity contribution in [3.8, 4) is 0 Å². The van der Waals surface area contributed by atoms with Gasteiger partial charge < -0.3 is 4.90 Å². The van der Waals surface area contributed by atoms with E-state index in [0.717, 1.165) is 65.9 Å². The molecule has 1 saturated heterocycles. The maximum Gasteiger partial charge on any atom is 0.257 e. The molecule has 3 atom stereocenters. The molecule has 3 heterocycles. The molecule has 5 rings (SSSR count). The largest absolute Gasteiger partial charge is 0.302 e. The van der Waals surface area contributed by atoms with Gasteiger partial charge in [-0.3, -0.25) is 9.36 Å². The lowest BCUT2D eigenvalue weighted by Crippen LogP contribution is -2.33. The molecule has 4 nitrogen and oxygen atoms in total. The summed E-state index contributed by atoms with van der Waals surface area (Å²) < 4.78 is 1.90. The molecule has 27 heavy (non-hydrogen) atoms. The third-order valence-electron chi connectivity index (χ3n) is 6.74. The Morgan fingerprint density at radius 3 is 2.93 bits per heavy atom. The van der Waals surface area contributed by atoms with E-state index in [1.165, 1.54) is 25.1 Å². The molecule has 0 bridgehead atoms. The minimum absolute atomic E-state index is 0.203. The van der Waals surface area contributed by atoms with Crippen LogP contribution in [0.1, 0.15) is 35.6 Å². The Hall–Kier alpha value is -1.59. The number of fused-ring (bicyclic) bond motifs is 2. The number of nitrogens with zero attached hydrogens (tertiary/aromatic N) is 3. The predicted octanol–water partition coefficient (Wildman–Crippen LogP) is 3.33. The molecule has 0 N–H and O–H groups in total. The van der Waals surface area contributed by atoms with Crippen LogP contribution in [-0.2, 0) is 13.0 Å². The van der Waals surface area contributed by atoms with Crippen molar-refractivity contribution < 1.29 is 0 Å². The maximum absolute atomic E-state index is 12.9. The summed E-state index contributed by atoms with van der Waals surface area (Å²) in [6, 6.07) is 11.0. The summed E-state index contributed by atoms with van der Waals surface area (Å²) in [4.78, 5) is 20.2. The number of aromatic nitrogens is 2. The lowest BCUT2D eigenvalue weighted by molar-refractivity contribution is 0.191. The van der Waals surface area contributed by atoms with Gasteiger partial charge in [-0.25, -0.2) is 4.98 Å². The second-order valence-electron chi connectivity index (χ2n) is 8.30. The average Bonchev–Trinajstić information content (AvgIpc) is 2.99. The molecule has 2 fully saturated rings. The monoisotopic (exact) mass is 381 g/mol. The fraction of sp³-hybridized carbons (Fsp3) is 0.545. The zero-order valence-corrected chi connectivity index (χ0v) is 16.8. The van der Waals surface area contributed by atoms with Crippen molar-refractivity contribution in [2.45, 2.75) is 43.8 Å². The molecule has 1 saturated carbocycles. The summed E-state index contributed by atoms with van der Waals surface area (Å²) in [5, 5.41) is 0.914. The Kier molecular flexibility index (Phi) is 4.60. The molecule has 5 heteroatoms. The molecule has 0 spiro atoms. The van der Waals surface area contributed by atoms with E-state index >= 15 is 0 Å². The molecule has 142 valence electrons. The summed E-state index contributed by atoms with van der Waals surface area (Å²) in [5.41, 5.74) is 3.57. The minimum Gasteiger partial charge on any atom is -0.302 e. The van der Waals surface area contributed by atoms with Crippen LogP contribution in [0.15, 0.2) is 40.3 Å². The molecule has 2 aliphatic heterocycles. The van der Waals surface area contributed by atoms with E-state index in [1.807, 2.05) is 11.5 Å². The van der Waals surface area contributed by atoms with Crippen LogP contribution in [0.2, 0.25) is 0 Å². The Morgan fingerprint density at radius 1 is 1.22 bits per heavy atom. The van der Waals surface area contributed by atoms with Gasteiger partial charge in [0.2, 0.25) is 0 Å². The van der Waals surface area contributed by atoms with Gasteiger partial charge in [0.05, 0.1) is 0 Å².